The van der Waals surface area contributed by atoms with Crippen LogP contribution in [0, 0.1) is 0 Å². The first-order chi connectivity index (χ1) is 7.24. The van der Waals surface area contributed by atoms with E-state index in [9.17, 15) is 9.59 Å². The molecule has 0 radical (unpaired) electrons. The fraction of sp³-hybridized carbons (Fsp3) is 0.800. The summed E-state index contributed by atoms with van der Waals surface area (Å²) in [5.41, 5.74) is 0. The molecule has 0 bridgehead atoms. The van der Waals surface area contributed by atoms with E-state index in [2.05, 4.69) is 16.0 Å². The van der Waals surface area contributed by atoms with Gasteiger partial charge in [0.1, 0.15) is 6.04 Å². The highest BCUT2D eigenvalue weighted by Gasteiger charge is 2.22. The van der Waals surface area contributed by atoms with Crippen molar-refractivity contribution in [3.63, 3.8) is 0 Å². The van der Waals surface area contributed by atoms with Crippen LogP contribution in [0.1, 0.15) is 26.2 Å². The van der Waals surface area contributed by atoms with Gasteiger partial charge in [-0.25, -0.2) is 0 Å². The van der Waals surface area contributed by atoms with Crippen LogP contribution in [0.4, 0.5) is 0 Å². The summed E-state index contributed by atoms with van der Waals surface area (Å²) in [6.07, 6.45) is 2.67. The summed E-state index contributed by atoms with van der Waals surface area (Å²) >= 11 is 0. The third-order valence-corrected chi connectivity index (χ3v) is 2.33. The molecule has 2 amide bonds. The van der Waals surface area contributed by atoms with E-state index >= 15 is 0 Å². The van der Waals surface area contributed by atoms with E-state index in [0.29, 0.717) is 0 Å². The molecule has 0 aromatic carbocycles. The average molecular weight is 213 g/mol. The van der Waals surface area contributed by atoms with Crippen LogP contribution in [0.3, 0.4) is 0 Å². The quantitative estimate of drug-likeness (QED) is 0.533. The summed E-state index contributed by atoms with van der Waals surface area (Å²) in [5.74, 6) is -0.171. The molecule has 5 nitrogen and oxygen atoms in total. The van der Waals surface area contributed by atoms with E-state index in [1.807, 2.05) is 6.92 Å². The van der Waals surface area contributed by atoms with Crippen molar-refractivity contribution in [2.75, 3.05) is 19.6 Å². The van der Waals surface area contributed by atoms with Crippen LogP contribution >= 0.6 is 0 Å². The van der Waals surface area contributed by atoms with Gasteiger partial charge in [0.2, 0.25) is 11.8 Å². The van der Waals surface area contributed by atoms with Crippen LogP contribution in [0.5, 0.6) is 0 Å². The van der Waals surface area contributed by atoms with Gasteiger partial charge >= 0.3 is 0 Å². The SMILES string of the molecule is CCCNCC(=O)NC1CCCNC1=O. The van der Waals surface area contributed by atoms with Crippen LogP contribution in [-0.2, 0) is 9.59 Å². The van der Waals surface area contributed by atoms with Crippen molar-refractivity contribution in [2.45, 2.75) is 32.2 Å². The van der Waals surface area contributed by atoms with Gasteiger partial charge in [-0.05, 0) is 25.8 Å². The van der Waals surface area contributed by atoms with Crippen LogP contribution in [0.25, 0.3) is 0 Å². The Bertz CT molecular complexity index is 231. The molecule has 1 aliphatic heterocycles. The normalized spacial score (nSPS) is 20.9. The summed E-state index contributed by atoms with van der Waals surface area (Å²) in [5, 5.41) is 8.44. The van der Waals surface area contributed by atoms with Crippen molar-refractivity contribution in [2.24, 2.45) is 0 Å². The Morgan fingerprint density at radius 3 is 3.07 bits per heavy atom. The minimum Gasteiger partial charge on any atom is -0.354 e. The molecule has 1 heterocycles. The summed E-state index contributed by atoms with van der Waals surface area (Å²) in [7, 11) is 0. The lowest BCUT2D eigenvalue weighted by Gasteiger charge is -2.22. The lowest BCUT2D eigenvalue weighted by atomic mass is 10.1. The zero-order valence-electron chi connectivity index (χ0n) is 9.14. The number of piperidine rings is 1. The third kappa shape index (κ3) is 4.29. The smallest absolute Gasteiger partial charge is 0.242 e. The highest BCUT2D eigenvalue weighted by Crippen LogP contribution is 2.02. The van der Waals surface area contributed by atoms with Gasteiger partial charge in [0.25, 0.3) is 0 Å². The molecule has 1 unspecified atom stereocenters. The van der Waals surface area contributed by atoms with Crippen molar-refractivity contribution in [1.29, 1.82) is 0 Å². The van der Waals surface area contributed by atoms with Crippen molar-refractivity contribution in [3.05, 3.63) is 0 Å². The number of carbonyl (C=O) groups excluding carboxylic acids is 2. The van der Waals surface area contributed by atoms with Crippen LogP contribution in [0.15, 0.2) is 0 Å². The maximum atomic E-state index is 11.4. The second-order valence-electron chi connectivity index (χ2n) is 3.73. The summed E-state index contributed by atoms with van der Waals surface area (Å²) in [4.78, 5) is 22.7. The van der Waals surface area contributed by atoms with Gasteiger partial charge in [-0.1, -0.05) is 6.92 Å². The fourth-order valence-corrected chi connectivity index (χ4v) is 1.53. The van der Waals surface area contributed by atoms with E-state index in [1.165, 1.54) is 0 Å². The highest BCUT2D eigenvalue weighted by molar-refractivity contribution is 5.88. The number of nitrogens with one attached hydrogen (secondary N) is 3. The number of amides is 2. The monoisotopic (exact) mass is 213 g/mol. The van der Waals surface area contributed by atoms with Gasteiger partial charge in [0, 0.05) is 6.54 Å². The number of hydrogen-bond donors (Lipinski definition) is 3. The molecule has 1 atom stereocenters. The molecule has 1 fully saturated rings. The van der Waals surface area contributed by atoms with Crippen LogP contribution < -0.4 is 16.0 Å². The summed E-state index contributed by atoms with van der Waals surface area (Å²) in [6.45, 7) is 3.88. The van der Waals surface area contributed by atoms with Crippen molar-refractivity contribution in [1.82, 2.24) is 16.0 Å². The van der Waals surface area contributed by atoms with Crippen LogP contribution in [-0.4, -0.2) is 37.5 Å². The largest absolute Gasteiger partial charge is 0.354 e. The Balaban J connectivity index is 2.21. The molecule has 1 saturated heterocycles. The van der Waals surface area contributed by atoms with Gasteiger partial charge in [-0.3, -0.25) is 9.59 Å². The Morgan fingerprint density at radius 1 is 1.60 bits per heavy atom. The van der Waals surface area contributed by atoms with Crippen LogP contribution in [0.2, 0.25) is 0 Å². The van der Waals surface area contributed by atoms with E-state index < -0.39 is 0 Å². The molecule has 5 heteroatoms. The maximum Gasteiger partial charge on any atom is 0.242 e. The third-order valence-electron chi connectivity index (χ3n) is 2.33. The van der Waals surface area contributed by atoms with Crippen molar-refractivity contribution >= 4 is 11.8 Å². The molecule has 0 aromatic heterocycles. The summed E-state index contributed by atoms with van der Waals surface area (Å²) < 4.78 is 0. The molecule has 0 aliphatic carbocycles. The maximum absolute atomic E-state index is 11.4. The molecule has 0 aromatic rings. The molecule has 1 aliphatic rings. The van der Waals surface area contributed by atoms with Gasteiger partial charge in [-0.15, -0.1) is 0 Å². The van der Waals surface area contributed by atoms with E-state index in [-0.39, 0.29) is 24.4 Å². The Hall–Kier alpha value is -1.10. The van der Waals surface area contributed by atoms with Crippen molar-refractivity contribution in [3.8, 4) is 0 Å². The van der Waals surface area contributed by atoms with E-state index in [0.717, 1.165) is 32.4 Å². The standard InChI is InChI=1S/C10H19N3O2/c1-2-5-11-7-9(14)13-8-4-3-6-12-10(8)15/h8,11H,2-7H2,1H3,(H,12,15)(H,13,14). The first-order valence-corrected chi connectivity index (χ1v) is 5.52. The molecule has 0 spiro atoms. The molecule has 1 rings (SSSR count). The van der Waals surface area contributed by atoms with E-state index in [4.69, 9.17) is 0 Å². The molecule has 86 valence electrons. The molecule has 3 N–H and O–H groups in total. The number of hydrogen-bond acceptors (Lipinski definition) is 3. The Kier molecular flexibility index (Phi) is 5.10. The molecule has 15 heavy (non-hydrogen) atoms. The van der Waals surface area contributed by atoms with Gasteiger partial charge < -0.3 is 16.0 Å². The van der Waals surface area contributed by atoms with E-state index in [1.54, 1.807) is 0 Å². The predicted octanol–water partition coefficient (Wildman–Crippen LogP) is -0.619. The van der Waals surface area contributed by atoms with Gasteiger partial charge in [-0.2, -0.15) is 0 Å². The lowest BCUT2D eigenvalue weighted by Crippen LogP contribution is -2.51. The second kappa shape index (κ2) is 6.40. The average Bonchev–Trinajstić information content (AvgIpc) is 2.22. The zero-order chi connectivity index (χ0) is 11.1. The first kappa shape index (κ1) is 12.0. The highest BCUT2D eigenvalue weighted by atomic mass is 16.2. The Morgan fingerprint density at radius 2 is 2.40 bits per heavy atom. The zero-order valence-corrected chi connectivity index (χ0v) is 9.14. The molecule has 0 saturated carbocycles. The van der Waals surface area contributed by atoms with Crippen molar-refractivity contribution < 1.29 is 9.59 Å². The Labute approximate surface area is 90.0 Å². The topological polar surface area (TPSA) is 70.2 Å². The second-order valence-corrected chi connectivity index (χ2v) is 3.73. The molecular weight excluding hydrogens is 194 g/mol. The first-order valence-electron chi connectivity index (χ1n) is 5.52. The van der Waals surface area contributed by atoms with Gasteiger partial charge in [0.05, 0.1) is 6.54 Å². The lowest BCUT2D eigenvalue weighted by molar-refractivity contribution is -0.129. The molecular formula is C10H19N3O2. The van der Waals surface area contributed by atoms with Gasteiger partial charge in [0.15, 0.2) is 0 Å². The predicted molar refractivity (Wildman–Crippen MR) is 57.3 cm³/mol. The number of carbonyl (C=O) groups is 2. The fourth-order valence-electron chi connectivity index (χ4n) is 1.53. The summed E-state index contributed by atoms with van der Waals surface area (Å²) in [6, 6.07) is -0.338. The minimum atomic E-state index is -0.338. The number of rotatable bonds is 5. The minimum absolute atomic E-state index is 0.0647.